The zero-order chi connectivity index (χ0) is 17.1. The van der Waals surface area contributed by atoms with Crippen molar-refractivity contribution < 1.29 is 40.1 Å². The first-order valence-corrected chi connectivity index (χ1v) is 7.10. The molecule has 0 radical (unpaired) electrons. The average Bonchev–Trinajstić information content (AvgIpc) is 2.55. The van der Waals surface area contributed by atoms with E-state index < -0.39 is 37.3 Å². The summed E-state index contributed by atoms with van der Waals surface area (Å²) in [4.78, 5) is 3.91. The predicted molar refractivity (Wildman–Crippen MR) is 75.1 cm³/mol. The molecule has 1 aromatic rings. The molecule has 0 amide bonds. The van der Waals surface area contributed by atoms with Crippen LogP contribution in [0.4, 0.5) is 0 Å². The second kappa shape index (κ2) is 7.49. The molecule has 1 fully saturated rings. The van der Waals surface area contributed by atoms with E-state index >= 15 is 0 Å². The number of aromatic nitrogens is 1. The number of hydrogen-bond acceptors (Lipinski definition) is 9. The molecule has 9 heteroatoms. The minimum absolute atomic E-state index is 0.152. The Kier molecular flexibility index (Phi) is 5.87. The Hall–Kier alpha value is -1.33. The van der Waals surface area contributed by atoms with Crippen LogP contribution in [0.3, 0.4) is 0 Å². The molecule has 1 aromatic heterocycles. The van der Waals surface area contributed by atoms with Crippen molar-refractivity contribution in [1.29, 1.82) is 0 Å². The van der Waals surface area contributed by atoms with Gasteiger partial charge in [-0.25, -0.2) is 0 Å². The highest BCUT2D eigenvalue weighted by molar-refractivity contribution is 5.40. The number of nitrogens with zero attached hydrogens (tertiary/aromatic N) is 1. The SMILES string of the molecule is Cc1ncc(CO)c(CO[C@@H]2O[C@H](CO)[C@@H](O)[C@H](O)[C@H]2O)c1O. The Morgan fingerprint density at radius 2 is 1.87 bits per heavy atom. The summed E-state index contributed by atoms with van der Waals surface area (Å²) in [5.74, 6) is -0.152. The molecular weight excluding hydrogens is 310 g/mol. The average molecular weight is 331 g/mol. The van der Waals surface area contributed by atoms with Crippen molar-refractivity contribution in [2.24, 2.45) is 0 Å². The first kappa shape index (κ1) is 18.0. The lowest BCUT2D eigenvalue weighted by Crippen LogP contribution is -2.59. The van der Waals surface area contributed by atoms with E-state index in [4.69, 9.17) is 14.6 Å². The largest absolute Gasteiger partial charge is 0.506 e. The lowest BCUT2D eigenvalue weighted by Gasteiger charge is -2.39. The molecule has 130 valence electrons. The van der Waals surface area contributed by atoms with Crippen molar-refractivity contribution in [2.75, 3.05) is 6.61 Å². The number of aliphatic hydroxyl groups excluding tert-OH is 5. The Bertz CT molecular complexity index is 538. The molecule has 6 N–H and O–H groups in total. The minimum atomic E-state index is -1.55. The molecule has 9 nitrogen and oxygen atoms in total. The van der Waals surface area contributed by atoms with Gasteiger partial charge in [-0.1, -0.05) is 0 Å². The topological polar surface area (TPSA) is 153 Å². The van der Waals surface area contributed by atoms with Gasteiger partial charge in [0, 0.05) is 17.3 Å². The number of aryl methyl sites for hydroxylation is 1. The van der Waals surface area contributed by atoms with Crippen LogP contribution in [0.2, 0.25) is 0 Å². The summed E-state index contributed by atoms with van der Waals surface area (Å²) < 4.78 is 10.6. The highest BCUT2D eigenvalue weighted by Gasteiger charge is 2.44. The third-order valence-electron chi connectivity index (χ3n) is 3.84. The van der Waals surface area contributed by atoms with E-state index in [2.05, 4.69) is 4.98 Å². The van der Waals surface area contributed by atoms with Gasteiger partial charge in [-0.3, -0.25) is 4.98 Å². The van der Waals surface area contributed by atoms with Crippen LogP contribution in [0.25, 0.3) is 0 Å². The molecule has 1 aliphatic rings. The first-order valence-electron chi connectivity index (χ1n) is 7.10. The summed E-state index contributed by atoms with van der Waals surface area (Å²) in [7, 11) is 0. The summed E-state index contributed by atoms with van der Waals surface area (Å²) in [6, 6.07) is 0. The lowest BCUT2D eigenvalue weighted by atomic mass is 9.99. The Morgan fingerprint density at radius 3 is 2.48 bits per heavy atom. The van der Waals surface area contributed by atoms with E-state index in [9.17, 15) is 25.5 Å². The standard InChI is InChI=1S/C14H21NO8/c1-6-10(18)8(7(3-16)2-15-6)5-22-14-13(21)12(20)11(19)9(4-17)23-14/h2,9,11-14,16-21H,3-5H2,1H3/t9-,11-,12+,13-,14-/m1/s1. The highest BCUT2D eigenvalue weighted by atomic mass is 16.7. The molecule has 0 aromatic carbocycles. The van der Waals surface area contributed by atoms with Gasteiger partial charge in [-0.05, 0) is 6.92 Å². The van der Waals surface area contributed by atoms with Crippen molar-refractivity contribution in [3.63, 3.8) is 0 Å². The van der Waals surface area contributed by atoms with Crippen LogP contribution in [0.1, 0.15) is 16.8 Å². The maximum atomic E-state index is 10.0. The Labute approximate surface area is 132 Å². The first-order chi connectivity index (χ1) is 10.9. The molecule has 0 aliphatic carbocycles. The smallest absolute Gasteiger partial charge is 0.187 e. The number of aromatic hydroxyl groups is 1. The normalized spacial score (nSPS) is 31.3. The third-order valence-corrected chi connectivity index (χ3v) is 3.84. The molecule has 0 bridgehead atoms. The monoisotopic (exact) mass is 331 g/mol. The van der Waals surface area contributed by atoms with Crippen LogP contribution in [0.5, 0.6) is 5.75 Å². The molecule has 2 rings (SSSR count). The van der Waals surface area contributed by atoms with Crippen LogP contribution in [0.15, 0.2) is 6.20 Å². The number of aliphatic hydroxyl groups is 5. The van der Waals surface area contributed by atoms with Crippen LogP contribution in [0, 0.1) is 6.92 Å². The van der Waals surface area contributed by atoms with Gasteiger partial charge in [-0.2, -0.15) is 0 Å². The molecule has 0 spiro atoms. The zero-order valence-corrected chi connectivity index (χ0v) is 12.5. The maximum Gasteiger partial charge on any atom is 0.187 e. The van der Waals surface area contributed by atoms with Crippen molar-refractivity contribution in [2.45, 2.75) is 50.8 Å². The molecule has 0 unspecified atom stereocenters. The van der Waals surface area contributed by atoms with Gasteiger partial charge in [-0.15, -0.1) is 0 Å². The van der Waals surface area contributed by atoms with Gasteiger partial charge in [0.05, 0.1) is 25.5 Å². The Balaban J connectivity index is 2.13. The van der Waals surface area contributed by atoms with Gasteiger partial charge in [0.15, 0.2) is 6.29 Å². The van der Waals surface area contributed by atoms with Gasteiger partial charge < -0.3 is 40.1 Å². The summed E-state index contributed by atoms with van der Waals surface area (Å²) in [5.41, 5.74) is 0.962. The molecule has 23 heavy (non-hydrogen) atoms. The van der Waals surface area contributed by atoms with Crippen LogP contribution >= 0.6 is 0 Å². The van der Waals surface area contributed by atoms with Crippen LogP contribution < -0.4 is 0 Å². The molecular formula is C14H21NO8. The number of pyridine rings is 1. The molecule has 0 saturated carbocycles. The minimum Gasteiger partial charge on any atom is -0.506 e. The van der Waals surface area contributed by atoms with E-state index in [1.807, 2.05) is 0 Å². The van der Waals surface area contributed by atoms with Gasteiger partial charge in [0.2, 0.25) is 0 Å². The molecule has 2 heterocycles. The molecule has 5 atom stereocenters. The predicted octanol–water partition coefficient (Wildman–Crippen LogP) is -2.10. The number of rotatable bonds is 5. The Morgan fingerprint density at radius 1 is 1.17 bits per heavy atom. The van der Waals surface area contributed by atoms with E-state index in [-0.39, 0.29) is 24.5 Å². The fourth-order valence-corrected chi connectivity index (χ4v) is 2.35. The van der Waals surface area contributed by atoms with E-state index in [1.54, 1.807) is 6.92 Å². The van der Waals surface area contributed by atoms with Gasteiger partial charge in [0.1, 0.15) is 30.2 Å². The summed E-state index contributed by atoms with van der Waals surface area (Å²) in [6.45, 7) is 0.419. The molecule has 1 aliphatic heterocycles. The fraction of sp³-hybridized carbons (Fsp3) is 0.643. The third kappa shape index (κ3) is 3.61. The molecule has 1 saturated heterocycles. The number of ether oxygens (including phenoxy) is 2. The second-order valence-electron chi connectivity index (χ2n) is 5.36. The van der Waals surface area contributed by atoms with Crippen molar-refractivity contribution in [3.8, 4) is 5.75 Å². The van der Waals surface area contributed by atoms with E-state index in [0.717, 1.165) is 0 Å². The highest BCUT2D eigenvalue weighted by Crippen LogP contribution is 2.27. The van der Waals surface area contributed by atoms with Crippen molar-refractivity contribution in [3.05, 3.63) is 23.0 Å². The second-order valence-corrected chi connectivity index (χ2v) is 5.36. The fourth-order valence-electron chi connectivity index (χ4n) is 2.35. The lowest BCUT2D eigenvalue weighted by molar-refractivity contribution is -0.304. The van der Waals surface area contributed by atoms with Crippen LogP contribution in [-0.4, -0.2) is 72.9 Å². The zero-order valence-electron chi connectivity index (χ0n) is 12.5. The summed E-state index contributed by atoms with van der Waals surface area (Å²) in [5, 5.41) is 57.7. The van der Waals surface area contributed by atoms with E-state index in [1.165, 1.54) is 6.20 Å². The quantitative estimate of drug-likeness (QED) is 0.356. The van der Waals surface area contributed by atoms with Crippen molar-refractivity contribution in [1.82, 2.24) is 4.98 Å². The van der Waals surface area contributed by atoms with E-state index in [0.29, 0.717) is 11.3 Å². The summed E-state index contributed by atoms with van der Waals surface area (Å²) in [6.07, 6.45) is -5.56. The maximum absolute atomic E-state index is 10.0. The van der Waals surface area contributed by atoms with Gasteiger partial charge in [0.25, 0.3) is 0 Å². The summed E-state index contributed by atoms with van der Waals surface area (Å²) >= 11 is 0. The van der Waals surface area contributed by atoms with Gasteiger partial charge >= 0.3 is 0 Å². The number of hydrogen-bond donors (Lipinski definition) is 6. The van der Waals surface area contributed by atoms with Crippen molar-refractivity contribution >= 4 is 0 Å². The van der Waals surface area contributed by atoms with Crippen LogP contribution in [-0.2, 0) is 22.7 Å².